The van der Waals surface area contributed by atoms with Crippen molar-refractivity contribution in [2.24, 2.45) is 0 Å². The molecule has 1 fully saturated rings. The van der Waals surface area contributed by atoms with Crippen LogP contribution in [0.4, 0.5) is 11.4 Å². The lowest BCUT2D eigenvalue weighted by Crippen LogP contribution is -2.42. The van der Waals surface area contributed by atoms with Crippen LogP contribution in [0.25, 0.3) is 0 Å². The monoisotopic (exact) mass is 336 g/mol. The standard InChI is InChI=1S/C20H20N2O3/c23-19-12-22(18-6-2-1-5-17(18)21-19)20(24)15-9-7-14(8-10-15)16-4-3-11-25-13-16/h1-2,5-10,16H,3-4,11-13H2,(H,21,23). The fourth-order valence-electron chi connectivity index (χ4n) is 3.47. The third-order valence-corrected chi connectivity index (χ3v) is 4.81. The number of nitrogens with zero attached hydrogens (tertiary/aromatic N) is 1. The van der Waals surface area contributed by atoms with Gasteiger partial charge in [-0.15, -0.1) is 0 Å². The van der Waals surface area contributed by atoms with Crippen molar-refractivity contribution in [1.29, 1.82) is 0 Å². The van der Waals surface area contributed by atoms with E-state index in [0.717, 1.165) is 31.7 Å². The maximum absolute atomic E-state index is 12.9. The molecule has 5 heteroatoms. The van der Waals surface area contributed by atoms with Crippen molar-refractivity contribution in [1.82, 2.24) is 0 Å². The smallest absolute Gasteiger partial charge is 0.258 e. The highest BCUT2D eigenvalue weighted by Gasteiger charge is 2.27. The van der Waals surface area contributed by atoms with Crippen molar-refractivity contribution in [3.8, 4) is 0 Å². The summed E-state index contributed by atoms with van der Waals surface area (Å²) in [6.45, 7) is 1.62. The zero-order valence-corrected chi connectivity index (χ0v) is 13.9. The lowest BCUT2D eigenvalue weighted by atomic mass is 9.93. The van der Waals surface area contributed by atoms with Crippen LogP contribution in [-0.4, -0.2) is 31.6 Å². The maximum Gasteiger partial charge on any atom is 0.258 e. The molecule has 2 heterocycles. The second-order valence-corrected chi connectivity index (χ2v) is 6.49. The van der Waals surface area contributed by atoms with Crippen LogP contribution in [0.3, 0.4) is 0 Å². The Morgan fingerprint density at radius 3 is 2.68 bits per heavy atom. The third kappa shape index (κ3) is 3.15. The Labute approximate surface area is 146 Å². The second kappa shape index (κ2) is 6.69. The van der Waals surface area contributed by atoms with Gasteiger partial charge in [0.05, 0.1) is 18.0 Å². The van der Waals surface area contributed by atoms with E-state index in [2.05, 4.69) is 5.32 Å². The van der Waals surface area contributed by atoms with Gasteiger partial charge in [0, 0.05) is 18.1 Å². The molecule has 2 aromatic rings. The highest BCUT2D eigenvalue weighted by molar-refractivity contribution is 6.15. The number of fused-ring (bicyclic) bond motifs is 1. The summed E-state index contributed by atoms with van der Waals surface area (Å²) in [6.07, 6.45) is 2.19. The number of benzene rings is 2. The molecule has 4 rings (SSSR count). The summed E-state index contributed by atoms with van der Waals surface area (Å²) >= 11 is 0. The number of para-hydroxylation sites is 2. The highest BCUT2D eigenvalue weighted by Crippen LogP contribution is 2.31. The predicted molar refractivity (Wildman–Crippen MR) is 96.0 cm³/mol. The molecule has 2 aliphatic rings. The zero-order valence-electron chi connectivity index (χ0n) is 13.9. The first-order chi connectivity index (χ1) is 12.2. The van der Waals surface area contributed by atoms with Crippen LogP contribution in [0, 0.1) is 0 Å². The van der Waals surface area contributed by atoms with E-state index in [1.807, 2.05) is 42.5 Å². The summed E-state index contributed by atoms with van der Waals surface area (Å²) in [5, 5.41) is 2.80. The van der Waals surface area contributed by atoms with Gasteiger partial charge in [-0.1, -0.05) is 24.3 Å². The van der Waals surface area contributed by atoms with Gasteiger partial charge in [-0.05, 0) is 42.7 Å². The summed E-state index contributed by atoms with van der Waals surface area (Å²) < 4.78 is 5.54. The van der Waals surface area contributed by atoms with Crippen LogP contribution in [0.1, 0.15) is 34.7 Å². The molecule has 5 nitrogen and oxygen atoms in total. The number of anilines is 2. The van der Waals surface area contributed by atoms with Gasteiger partial charge in [-0.2, -0.15) is 0 Å². The number of hydrogen-bond acceptors (Lipinski definition) is 3. The maximum atomic E-state index is 12.9. The average Bonchev–Trinajstić information content (AvgIpc) is 2.67. The Kier molecular flexibility index (Phi) is 4.24. The number of hydrogen-bond donors (Lipinski definition) is 1. The lowest BCUT2D eigenvalue weighted by Gasteiger charge is -2.29. The Balaban J connectivity index is 1.58. The Hall–Kier alpha value is -2.66. The molecule has 1 N–H and O–H groups in total. The van der Waals surface area contributed by atoms with Gasteiger partial charge >= 0.3 is 0 Å². The first-order valence-electron chi connectivity index (χ1n) is 8.61. The fraction of sp³-hybridized carbons (Fsp3) is 0.300. The second-order valence-electron chi connectivity index (χ2n) is 6.49. The number of carbonyl (C=O) groups excluding carboxylic acids is 2. The minimum atomic E-state index is -0.178. The molecule has 1 unspecified atom stereocenters. The molecule has 0 radical (unpaired) electrons. The first-order valence-corrected chi connectivity index (χ1v) is 8.61. The van der Waals surface area contributed by atoms with E-state index in [0.29, 0.717) is 17.2 Å². The molecule has 1 atom stereocenters. The van der Waals surface area contributed by atoms with Crippen molar-refractivity contribution in [2.75, 3.05) is 30.0 Å². The van der Waals surface area contributed by atoms with Crippen molar-refractivity contribution in [3.05, 3.63) is 59.7 Å². The molecule has 25 heavy (non-hydrogen) atoms. The topological polar surface area (TPSA) is 58.6 Å². The molecule has 2 amide bonds. The number of rotatable bonds is 2. The van der Waals surface area contributed by atoms with Gasteiger partial charge in [0.15, 0.2) is 0 Å². The Bertz CT molecular complexity index is 795. The average molecular weight is 336 g/mol. The van der Waals surface area contributed by atoms with Gasteiger partial charge in [-0.25, -0.2) is 0 Å². The molecule has 0 spiro atoms. The number of ether oxygens (including phenoxy) is 1. The number of amides is 2. The zero-order chi connectivity index (χ0) is 17.2. The van der Waals surface area contributed by atoms with E-state index in [-0.39, 0.29) is 18.4 Å². The quantitative estimate of drug-likeness (QED) is 0.916. The van der Waals surface area contributed by atoms with Gasteiger partial charge in [-0.3, -0.25) is 14.5 Å². The van der Waals surface area contributed by atoms with Gasteiger partial charge < -0.3 is 10.1 Å². The summed E-state index contributed by atoms with van der Waals surface area (Å²) in [5.74, 6) is 0.0659. The van der Waals surface area contributed by atoms with Crippen molar-refractivity contribution in [2.45, 2.75) is 18.8 Å². The fourth-order valence-corrected chi connectivity index (χ4v) is 3.47. The van der Waals surface area contributed by atoms with Crippen LogP contribution in [0.5, 0.6) is 0 Å². The lowest BCUT2D eigenvalue weighted by molar-refractivity contribution is -0.115. The van der Waals surface area contributed by atoms with Crippen LogP contribution in [-0.2, 0) is 9.53 Å². The molecule has 2 aromatic carbocycles. The summed E-state index contributed by atoms with van der Waals surface area (Å²) in [4.78, 5) is 26.4. The molecule has 128 valence electrons. The van der Waals surface area contributed by atoms with Crippen molar-refractivity contribution >= 4 is 23.2 Å². The minimum absolute atomic E-state index is 0.0358. The van der Waals surface area contributed by atoms with Gasteiger partial charge in [0.25, 0.3) is 5.91 Å². The first kappa shape index (κ1) is 15.8. The predicted octanol–water partition coefficient (Wildman–Crippen LogP) is 3.18. The molecule has 0 saturated carbocycles. The molecular weight excluding hydrogens is 316 g/mol. The van der Waals surface area contributed by atoms with Crippen LogP contribution >= 0.6 is 0 Å². The molecule has 0 bridgehead atoms. The number of nitrogens with one attached hydrogen (secondary N) is 1. The van der Waals surface area contributed by atoms with E-state index >= 15 is 0 Å². The van der Waals surface area contributed by atoms with Gasteiger partial charge in [0.2, 0.25) is 5.91 Å². The molecule has 0 aliphatic carbocycles. The van der Waals surface area contributed by atoms with Crippen LogP contribution < -0.4 is 10.2 Å². The molecule has 2 aliphatic heterocycles. The largest absolute Gasteiger partial charge is 0.381 e. The normalized spacial score (nSPS) is 19.9. The van der Waals surface area contributed by atoms with E-state index in [4.69, 9.17) is 4.74 Å². The third-order valence-electron chi connectivity index (χ3n) is 4.81. The van der Waals surface area contributed by atoms with Crippen molar-refractivity contribution in [3.63, 3.8) is 0 Å². The Morgan fingerprint density at radius 2 is 1.92 bits per heavy atom. The van der Waals surface area contributed by atoms with Crippen molar-refractivity contribution < 1.29 is 14.3 Å². The Morgan fingerprint density at radius 1 is 1.12 bits per heavy atom. The van der Waals surface area contributed by atoms with E-state index in [1.54, 1.807) is 6.07 Å². The van der Waals surface area contributed by atoms with Crippen LogP contribution in [0.2, 0.25) is 0 Å². The van der Waals surface area contributed by atoms with E-state index in [1.165, 1.54) is 10.5 Å². The summed E-state index contributed by atoms with van der Waals surface area (Å²) in [5.41, 5.74) is 3.19. The number of carbonyl (C=O) groups is 2. The van der Waals surface area contributed by atoms with Crippen LogP contribution in [0.15, 0.2) is 48.5 Å². The summed E-state index contributed by atoms with van der Waals surface area (Å²) in [7, 11) is 0. The molecular formula is C20H20N2O3. The minimum Gasteiger partial charge on any atom is -0.381 e. The molecule has 1 saturated heterocycles. The van der Waals surface area contributed by atoms with E-state index in [9.17, 15) is 9.59 Å². The molecule has 0 aromatic heterocycles. The SMILES string of the molecule is O=C1CN(C(=O)c2ccc(C3CCCOC3)cc2)c2ccccc2N1. The van der Waals surface area contributed by atoms with Gasteiger partial charge in [0.1, 0.15) is 6.54 Å². The summed E-state index contributed by atoms with van der Waals surface area (Å²) in [6, 6.07) is 15.1. The highest BCUT2D eigenvalue weighted by atomic mass is 16.5. The van der Waals surface area contributed by atoms with E-state index < -0.39 is 0 Å².